The number of allylic oxidation sites excluding steroid dienone is 8. The van der Waals surface area contributed by atoms with Gasteiger partial charge in [0, 0.05) is 6.42 Å². The SMILES string of the molecule is CC/C=C\C/C=C\C/C=C\C/C=C\CCCCCCCCCCCCCCC(=O)NC(CO)C(O)CCCCCCCCCCCCCCCCCCCCCCCCCC. The molecule has 0 fully saturated rings. The molecule has 0 aliphatic carbocycles. The van der Waals surface area contributed by atoms with E-state index in [1.165, 1.54) is 212 Å². The highest BCUT2D eigenvalue weighted by molar-refractivity contribution is 5.76. The molecule has 358 valence electrons. The number of rotatable bonds is 50. The van der Waals surface area contributed by atoms with Crippen molar-refractivity contribution >= 4 is 5.91 Å². The number of carbonyl (C=O) groups is 1. The van der Waals surface area contributed by atoms with Gasteiger partial charge in [0.05, 0.1) is 18.8 Å². The van der Waals surface area contributed by atoms with Crippen molar-refractivity contribution in [3.05, 3.63) is 48.6 Å². The summed E-state index contributed by atoms with van der Waals surface area (Å²) in [6, 6.07) is -0.539. The predicted octanol–water partition coefficient (Wildman–Crippen LogP) is 17.9. The van der Waals surface area contributed by atoms with Crippen LogP contribution in [-0.4, -0.2) is 34.9 Å². The molecular weight excluding hydrogens is 747 g/mol. The van der Waals surface area contributed by atoms with Crippen LogP contribution in [0.3, 0.4) is 0 Å². The fraction of sp³-hybridized carbons (Fsp3) is 0.842. The summed E-state index contributed by atoms with van der Waals surface area (Å²) in [4.78, 5) is 12.5. The third-order valence-corrected chi connectivity index (χ3v) is 12.6. The Bertz CT molecular complexity index is 970. The Kier molecular flexibility index (Phi) is 51.3. The van der Waals surface area contributed by atoms with E-state index in [0.29, 0.717) is 12.8 Å². The fourth-order valence-corrected chi connectivity index (χ4v) is 8.47. The van der Waals surface area contributed by atoms with Crippen molar-refractivity contribution in [3.8, 4) is 0 Å². The molecule has 0 aliphatic rings. The summed E-state index contributed by atoms with van der Waals surface area (Å²) in [5.41, 5.74) is 0. The summed E-state index contributed by atoms with van der Waals surface area (Å²) >= 11 is 0. The number of aliphatic hydroxyl groups excluding tert-OH is 2. The van der Waals surface area contributed by atoms with E-state index in [1.54, 1.807) is 0 Å². The van der Waals surface area contributed by atoms with Crippen molar-refractivity contribution in [1.82, 2.24) is 5.32 Å². The quantitative estimate of drug-likeness (QED) is 0.0422. The van der Waals surface area contributed by atoms with Crippen LogP contribution in [0.5, 0.6) is 0 Å². The van der Waals surface area contributed by atoms with Gasteiger partial charge in [0.1, 0.15) is 0 Å². The maximum absolute atomic E-state index is 12.5. The molecule has 2 atom stereocenters. The number of amides is 1. The van der Waals surface area contributed by atoms with E-state index in [9.17, 15) is 15.0 Å². The molecule has 0 aromatic heterocycles. The minimum Gasteiger partial charge on any atom is -0.394 e. The maximum Gasteiger partial charge on any atom is 0.220 e. The second-order valence-electron chi connectivity index (χ2n) is 18.6. The summed E-state index contributed by atoms with van der Waals surface area (Å²) in [5.74, 6) is -0.0313. The molecule has 1 amide bonds. The molecule has 0 saturated heterocycles. The van der Waals surface area contributed by atoms with Crippen LogP contribution in [-0.2, 0) is 4.79 Å². The van der Waals surface area contributed by atoms with Crippen LogP contribution in [0.1, 0.15) is 290 Å². The summed E-state index contributed by atoms with van der Waals surface area (Å²) in [5, 5.41) is 23.3. The first-order valence-electron chi connectivity index (χ1n) is 27.3. The highest BCUT2D eigenvalue weighted by Gasteiger charge is 2.20. The topological polar surface area (TPSA) is 69.6 Å². The number of unbranched alkanes of at least 4 members (excludes halogenated alkanes) is 35. The summed E-state index contributed by atoms with van der Waals surface area (Å²) < 4.78 is 0. The predicted molar refractivity (Wildman–Crippen MR) is 271 cm³/mol. The number of hydrogen-bond acceptors (Lipinski definition) is 3. The van der Waals surface area contributed by atoms with E-state index in [-0.39, 0.29) is 12.5 Å². The summed E-state index contributed by atoms with van der Waals surface area (Å²) in [7, 11) is 0. The van der Waals surface area contributed by atoms with Gasteiger partial charge in [-0.25, -0.2) is 0 Å². The molecule has 0 aliphatic heterocycles. The zero-order valence-corrected chi connectivity index (χ0v) is 41.2. The van der Waals surface area contributed by atoms with Crippen molar-refractivity contribution in [3.63, 3.8) is 0 Å². The van der Waals surface area contributed by atoms with E-state index >= 15 is 0 Å². The normalized spacial score (nSPS) is 13.2. The van der Waals surface area contributed by atoms with Crippen LogP contribution in [0.25, 0.3) is 0 Å². The molecule has 61 heavy (non-hydrogen) atoms. The first-order chi connectivity index (χ1) is 30.2. The zero-order chi connectivity index (χ0) is 44.2. The first-order valence-corrected chi connectivity index (χ1v) is 27.3. The monoisotopic (exact) mass is 854 g/mol. The number of carbonyl (C=O) groups excluding carboxylic acids is 1. The molecule has 0 rings (SSSR count). The van der Waals surface area contributed by atoms with E-state index < -0.39 is 12.1 Å². The van der Waals surface area contributed by atoms with Crippen LogP contribution >= 0.6 is 0 Å². The van der Waals surface area contributed by atoms with Crippen molar-refractivity contribution < 1.29 is 15.0 Å². The van der Waals surface area contributed by atoms with Crippen LogP contribution in [0.2, 0.25) is 0 Å². The Labute approximate surface area is 382 Å². The molecule has 4 heteroatoms. The molecule has 0 heterocycles. The highest BCUT2D eigenvalue weighted by atomic mass is 16.3. The van der Waals surface area contributed by atoms with E-state index in [0.717, 1.165) is 51.4 Å². The van der Waals surface area contributed by atoms with Crippen molar-refractivity contribution in [1.29, 1.82) is 0 Å². The molecule has 0 radical (unpaired) electrons. The largest absolute Gasteiger partial charge is 0.394 e. The van der Waals surface area contributed by atoms with E-state index in [1.807, 2.05) is 0 Å². The van der Waals surface area contributed by atoms with Gasteiger partial charge in [0.25, 0.3) is 0 Å². The van der Waals surface area contributed by atoms with Gasteiger partial charge in [-0.3, -0.25) is 4.79 Å². The third-order valence-electron chi connectivity index (χ3n) is 12.6. The van der Waals surface area contributed by atoms with Gasteiger partial charge in [0.15, 0.2) is 0 Å². The number of aliphatic hydroxyl groups is 2. The van der Waals surface area contributed by atoms with Crippen molar-refractivity contribution in [2.24, 2.45) is 0 Å². The fourth-order valence-electron chi connectivity index (χ4n) is 8.47. The Morgan fingerprint density at radius 3 is 1.08 bits per heavy atom. The zero-order valence-electron chi connectivity index (χ0n) is 41.2. The molecule has 0 spiro atoms. The summed E-state index contributed by atoms with van der Waals surface area (Å²) in [6.45, 7) is 4.27. The molecular formula is C57H107NO3. The van der Waals surface area contributed by atoms with Crippen molar-refractivity contribution in [2.45, 2.75) is 302 Å². The highest BCUT2D eigenvalue weighted by Crippen LogP contribution is 2.17. The van der Waals surface area contributed by atoms with Gasteiger partial charge in [-0.1, -0.05) is 281 Å². The Morgan fingerprint density at radius 1 is 0.410 bits per heavy atom. The molecule has 3 N–H and O–H groups in total. The van der Waals surface area contributed by atoms with Gasteiger partial charge in [-0.15, -0.1) is 0 Å². The minimum absolute atomic E-state index is 0.0313. The second-order valence-corrected chi connectivity index (χ2v) is 18.6. The molecule has 0 bridgehead atoms. The lowest BCUT2D eigenvalue weighted by atomic mass is 10.0. The Morgan fingerprint density at radius 2 is 0.721 bits per heavy atom. The van der Waals surface area contributed by atoms with Crippen LogP contribution < -0.4 is 5.32 Å². The standard InChI is InChI=1S/C57H107NO3/c1-3-5-7-9-11-13-15-17-19-21-23-25-27-29-31-33-35-37-39-41-43-45-47-49-51-53-57(61)58-55(54-59)56(60)52-50-48-46-44-42-40-38-36-34-32-30-28-26-24-22-20-18-16-14-12-10-8-6-4-2/h5,7,11,13,17,19,23,25,55-56,59-60H,3-4,6,8-10,12,14-16,18,20-22,24,26-54H2,1-2H3,(H,58,61)/b7-5-,13-11-,19-17-,25-23-. The average molecular weight is 854 g/mol. The first kappa shape index (κ1) is 59.4. The maximum atomic E-state index is 12.5. The Balaban J connectivity index is 3.47. The molecule has 4 nitrogen and oxygen atoms in total. The smallest absolute Gasteiger partial charge is 0.220 e. The second kappa shape index (κ2) is 52.7. The van der Waals surface area contributed by atoms with E-state index in [2.05, 4.69) is 67.8 Å². The average Bonchev–Trinajstić information content (AvgIpc) is 3.26. The van der Waals surface area contributed by atoms with Crippen LogP contribution in [0.15, 0.2) is 48.6 Å². The molecule has 0 aromatic carbocycles. The van der Waals surface area contributed by atoms with E-state index in [4.69, 9.17) is 0 Å². The number of nitrogens with one attached hydrogen (secondary N) is 1. The molecule has 2 unspecified atom stereocenters. The van der Waals surface area contributed by atoms with Gasteiger partial charge in [-0.05, 0) is 51.4 Å². The number of hydrogen-bond donors (Lipinski definition) is 3. The lowest BCUT2D eigenvalue weighted by Crippen LogP contribution is -2.45. The summed E-state index contributed by atoms with van der Waals surface area (Å²) in [6.07, 6.45) is 72.3. The van der Waals surface area contributed by atoms with Gasteiger partial charge >= 0.3 is 0 Å². The minimum atomic E-state index is -0.662. The lowest BCUT2D eigenvalue weighted by Gasteiger charge is -2.22. The third kappa shape index (κ3) is 49.2. The molecule has 0 aromatic rings. The van der Waals surface area contributed by atoms with Crippen LogP contribution in [0, 0.1) is 0 Å². The lowest BCUT2D eigenvalue weighted by molar-refractivity contribution is -0.123. The van der Waals surface area contributed by atoms with Gasteiger partial charge in [0.2, 0.25) is 5.91 Å². The van der Waals surface area contributed by atoms with Gasteiger partial charge in [-0.2, -0.15) is 0 Å². The van der Waals surface area contributed by atoms with Crippen LogP contribution in [0.4, 0.5) is 0 Å². The molecule has 0 saturated carbocycles. The van der Waals surface area contributed by atoms with Gasteiger partial charge < -0.3 is 15.5 Å². The van der Waals surface area contributed by atoms with Crippen molar-refractivity contribution in [2.75, 3.05) is 6.61 Å². The Hall–Kier alpha value is -1.65.